The monoisotopic (exact) mass is 442 g/mol. The Morgan fingerprint density at radius 3 is 2.43 bits per heavy atom. The van der Waals surface area contributed by atoms with E-state index in [1.807, 2.05) is 24.3 Å². The minimum Gasteiger partial charge on any atom is -0.497 e. The molecule has 0 atom stereocenters. The van der Waals surface area contributed by atoms with Crippen LogP contribution in [-0.2, 0) is 16.4 Å². The first-order valence-electron chi connectivity index (χ1n) is 8.72. The number of ether oxygens (including phenoxy) is 1. The fourth-order valence-electron chi connectivity index (χ4n) is 2.60. The molecule has 3 rings (SSSR count). The maximum absolute atomic E-state index is 12.5. The predicted octanol–water partition coefficient (Wildman–Crippen LogP) is 3.42. The van der Waals surface area contributed by atoms with E-state index in [9.17, 15) is 13.2 Å². The van der Waals surface area contributed by atoms with Gasteiger partial charge < -0.3 is 10.1 Å². The van der Waals surface area contributed by atoms with Gasteiger partial charge >= 0.3 is 0 Å². The minimum atomic E-state index is -3.80. The van der Waals surface area contributed by atoms with Gasteiger partial charge in [-0.25, -0.2) is 13.1 Å². The van der Waals surface area contributed by atoms with Crippen molar-refractivity contribution in [2.45, 2.75) is 30.2 Å². The average Bonchev–Trinajstić information content (AvgIpc) is 3.45. The van der Waals surface area contributed by atoms with Gasteiger partial charge in [-0.05, 0) is 49.1 Å². The summed E-state index contributed by atoms with van der Waals surface area (Å²) >= 11 is 12.2. The first kappa shape index (κ1) is 20.9. The van der Waals surface area contributed by atoms with Gasteiger partial charge in [0.2, 0.25) is 10.0 Å². The molecule has 2 aromatic rings. The zero-order chi connectivity index (χ0) is 20.3. The van der Waals surface area contributed by atoms with Crippen LogP contribution in [0.5, 0.6) is 5.75 Å². The van der Waals surface area contributed by atoms with Gasteiger partial charge in [-0.3, -0.25) is 4.79 Å². The van der Waals surface area contributed by atoms with Gasteiger partial charge in [-0.1, -0.05) is 35.3 Å². The van der Waals surface area contributed by atoms with Crippen LogP contribution in [0.4, 0.5) is 0 Å². The van der Waals surface area contributed by atoms with E-state index in [0.717, 1.165) is 24.2 Å². The van der Waals surface area contributed by atoms with E-state index < -0.39 is 15.9 Å². The summed E-state index contributed by atoms with van der Waals surface area (Å²) in [4.78, 5) is 12.4. The molecule has 0 spiro atoms. The number of rotatable bonds is 8. The second-order valence-electron chi connectivity index (χ2n) is 6.51. The first-order valence-corrected chi connectivity index (χ1v) is 11.0. The Morgan fingerprint density at radius 1 is 1.14 bits per heavy atom. The molecule has 1 aliphatic carbocycles. The molecule has 1 aliphatic rings. The van der Waals surface area contributed by atoms with Gasteiger partial charge in [0.25, 0.3) is 5.91 Å². The topological polar surface area (TPSA) is 84.5 Å². The summed E-state index contributed by atoms with van der Waals surface area (Å²) in [6.07, 6.45) is 2.20. The van der Waals surface area contributed by atoms with Gasteiger partial charge in [0.05, 0.1) is 22.7 Å². The molecule has 1 fully saturated rings. The molecule has 0 heterocycles. The van der Waals surface area contributed by atoms with Crippen molar-refractivity contribution in [1.82, 2.24) is 10.0 Å². The van der Waals surface area contributed by atoms with E-state index in [4.69, 9.17) is 27.9 Å². The highest BCUT2D eigenvalue weighted by atomic mass is 35.5. The summed E-state index contributed by atoms with van der Waals surface area (Å²) in [6.45, 7) is 0.368. The van der Waals surface area contributed by atoms with Crippen molar-refractivity contribution in [2.75, 3.05) is 13.7 Å². The van der Waals surface area contributed by atoms with Crippen LogP contribution in [0.2, 0.25) is 10.0 Å². The number of carbonyl (C=O) groups is 1. The molecule has 9 heteroatoms. The molecule has 1 amide bonds. The largest absolute Gasteiger partial charge is 0.497 e. The quantitative estimate of drug-likeness (QED) is 0.655. The minimum absolute atomic E-state index is 0.0204. The average molecular weight is 443 g/mol. The third-order valence-corrected chi connectivity index (χ3v) is 6.61. The Hall–Kier alpha value is -1.80. The fourth-order valence-corrected chi connectivity index (χ4v) is 4.76. The van der Waals surface area contributed by atoms with Crippen molar-refractivity contribution < 1.29 is 17.9 Å². The maximum Gasteiger partial charge on any atom is 0.252 e. The Bertz CT molecular complexity index is 974. The third-order valence-electron chi connectivity index (χ3n) is 4.31. The molecule has 0 bridgehead atoms. The SMILES string of the molecule is COc1ccc(CCNC(=O)c2cc(S(=O)(=O)NC3CC3)c(Cl)cc2Cl)cc1. The number of carbonyl (C=O) groups excluding carboxylic acids is 1. The molecule has 0 radical (unpaired) electrons. The van der Waals surface area contributed by atoms with Crippen LogP contribution in [-0.4, -0.2) is 34.0 Å². The van der Waals surface area contributed by atoms with E-state index in [1.54, 1.807) is 7.11 Å². The summed E-state index contributed by atoms with van der Waals surface area (Å²) in [6, 6.07) is 9.94. The van der Waals surface area contributed by atoms with Crippen LogP contribution in [0, 0.1) is 0 Å². The van der Waals surface area contributed by atoms with Crippen molar-refractivity contribution in [3.63, 3.8) is 0 Å². The second kappa shape index (κ2) is 8.69. The van der Waals surface area contributed by atoms with Crippen LogP contribution in [0.1, 0.15) is 28.8 Å². The number of halogens is 2. The molecule has 0 saturated heterocycles. The molecule has 1 saturated carbocycles. The molecule has 2 aromatic carbocycles. The summed E-state index contributed by atoms with van der Waals surface area (Å²) < 4.78 is 32.6. The summed E-state index contributed by atoms with van der Waals surface area (Å²) in [5.41, 5.74) is 1.09. The summed E-state index contributed by atoms with van der Waals surface area (Å²) in [7, 11) is -2.21. The second-order valence-corrected chi connectivity index (χ2v) is 9.01. The van der Waals surface area contributed by atoms with Crippen molar-refractivity contribution in [1.29, 1.82) is 0 Å². The van der Waals surface area contributed by atoms with Crippen molar-refractivity contribution in [3.8, 4) is 5.75 Å². The number of sulfonamides is 1. The third kappa shape index (κ3) is 5.17. The molecule has 6 nitrogen and oxygen atoms in total. The lowest BCUT2D eigenvalue weighted by Crippen LogP contribution is -2.28. The highest BCUT2D eigenvalue weighted by molar-refractivity contribution is 7.89. The number of nitrogens with one attached hydrogen (secondary N) is 2. The molecule has 0 unspecified atom stereocenters. The highest BCUT2D eigenvalue weighted by Gasteiger charge is 2.30. The summed E-state index contributed by atoms with van der Waals surface area (Å²) in [5, 5.41) is 2.83. The molecular formula is C19H20Cl2N2O4S. The number of amides is 1. The van der Waals surface area contributed by atoms with Crippen molar-refractivity contribution in [3.05, 3.63) is 57.6 Å². The standard InChI is InChI=1S/C19H20Cl2N2O4S/c1-27-14-6-2-12(3-7-14)8-9-22-19(24)15-10-18(17(21)11-16(15)20)28(25,26)23-13-4-5-13/h2-3,6-7,10-11,13,23H,4-5,8-9H2,1H3,(H,22,24). The van der Waals surface area contributed by atoms with Crippen LogP contribution in [0.25, 0.3) is 0 Å². The van der Waals surface area contributed by atoms with Crippen LogP contribution >= 0.6 is 23.2 Å². The molecule has 28 heavy (non-hydrogen) atoms. The zero-order valence-corrected chi connectivity index (χ0v) is 17.5. The lowest BCUT2D eigenvalue weighted by molar-refractivity contribution is 0.0954. The van der Waals surface area contributed by atoms with E-state index in [-0.39, 0.29) is 26.5 Å². The maximum atomic E-state index is 12.5. The van der Waals surface area contributed by atoms with Crippen LogP contribution < -0.4 is 14.8 Å². The Balaban J connectivity index is 1.69. The van der Waals surface area contributed by atoms with Gasteiger partial charge in [-0.2, -0.15) is 0 Å². The molecule has 2 N–H and O–H groups in total. The zero-order valence-electron chi connectivity index (χ0n) is 15.2. The number of hydrogen-bond acceptors (Lipinski definition) is 4. The van der Waals surface area contributed by atoms with E-state index in [0.29, 0.717) is 13.0 Å². The lowest BCUT2D eigenvalue weighted by atomic mass is 10.1. The van der Waals surface area contributed by atoms with Gasteiger partial charge in [0.15, 0.2) is 0 Å². The Kier molecular flexibility index (Phi) is 6.50. The summed E-state index contributed by atoms with van der Waals surface area (Å²) in [5.74, 6) is 0.298. The fraction of sp³-hybridized carbons (Fsp3) is 0.316. The van der Waals surface area contributed by atoms with Crippen molar-refractivity contribution in [2.24, 2.45) is 0 Å². The van der Waals surface area contributed by atoms with Gasteiger partial charge in [0, 0.05) is 12.6 Å². The van der Waals surface area contributed by atoms with E-state index in [2.05, 4.69) is 10.0 Å². The number of benzene rings is 2. The highest BCUT2D eigenvalue weighted by Crippen LogP contribution is 2.30. The number of hydrogen-bond donors (Lipinski definition) is 2. The molecule has 0 aromatic heterocycles. The number of methoxy groups -OCH3 is 1. The van der Waals surface area contributed by atoms with Gasteiger partial charge in [0.1, 0.15) is 10.6 Å². The predicted molar refractivity (Wildman–Crippen MR) is 109 cm³/mol. The van der Waals surface area contributed by atoms with E-state index >= 15 is 0 Å². The van der Waals surface area contributed by atoms with Crippen LogP contribution in [0.15, 0.2) is 41.3 Å². The first-order chi connectivity index (χ1) is 13.3. The lowest BCUT2D eigenvalue weighted by Gasteiger charge is -2.12. The van der Waals surface area contributed by atoms with Gasteiger partial charge in [-0.15, -0.1) is 0 Å². The molecule has 0 aliphatic heterocycles. The van der Waals surface area contributed by atoms with Crippen molar-refractivity contribution >= 4 is 39.1 Å². The molecular weight excluding hydrogens is 423 g/mol. The molecule has 150 valence electrons. The van der Waals surface area contributed by atoms with Crippen LogP contribution in [0.3, 0.4) is 0 Å². The van der Waals surface area contributed by atoms with E-state index in [1.165, 1.54) is 12.1 Å². The Labute approximate surface area is 174 Å². The Morgan fingerprint density at radius 2 is 1.82 bits per heavy atom. The smallest absolute Gasteiger partial charge is 0.252 e. The normalized spacial score (nSPS) is 14.0.